The molecule has 10 atom stereocenters. The Hall–Kier alpha value is -7.38. The van der Waals surface area contributed by atoms with E-state index >= 15 is 13.2 Å². The first-order chi connectivity index (χ1) is 40.4. The van der Waals surface area contributed by atoms with Crippen LogP contribution in [0.5, 0.6) is 0 Å². The van der Waals surface area contributed by atoms with E-state index in [0.717, 1.165) is 42.9 Å². The lowest BCUT2D eigenvalue weighted by molar-refractivity contribution is -0.219. The summed E-state index contributed by atoms with van der Waals surface area (Å²) in [6.07, 6.45) is 5.23. The standard InChI is InChI=1S/C56H61F4N9O14S3/c1-53-12-10-35(71)19-38(53)40(59)20-37-36-11-13-55(50(78)84-28-57,54(36,2)21-44(72)56(37,53)60)83-49(77)29-8-9-39(58)42(18-29)69-47(75)41(7-5-6-14-61)68-48(76)43(27-70)67-45(73)26-62-46(74)32-16-30(33-22-63-51(64-23-33)85(3,79)80)15-31(17-32)34-24-65-52(66-25-34)86(4,81)82/h8-10,12,15-19,22-25,36-37,40-41,43-44,70,72H,5-7,11,13-14,20-21,26-28,61H2,1-4H3,(H,62,74)(H,67,73)(H,68,76)(H,69,75)/t36?,37?,40?,41-,43-,44?,53?,54?,55?,56?/m0/s1. The third kappa shape index (κ3) is 12.6. The van der Waals surface area contributed by atoms with Crippen LogP contribution in [0.4, 0.5) is 23.2 Å². The number of halogens is 4. The number of nitrogens with one attached hydrogen (secondary N) is 4. The molecule has 4 aromatic rings. The molecule has 3 saturated carbocycles. The van der Waals surface area contributed by atoms with E-state index in [0.29, 0.717) is 6.42 Å². The lowest BCUT2D eigenvalue weighted by atomic mass is 9.44. The fourth-order valence-electron chi connectivity index (χ4n) is 12.2. The first-order valence-electron chi connectivity index (χ1n) is 26.9. The van der Waals surface area contributed by atoms with Crippen molar-refractivity contribution in [1.29, 1.82) is 0 Å². The van der Waals surface area contributed by atoms with E-state index in [2.05, 4.69) is 41.2 Å². The summed E-state index contributed by atoms with van der Waals surface area (Å²) in [6, 6.07) is 2.31. The zero-order valence-corrected chi connectivity index (χ0v) is 49.1. The number of unbranched alkanes of at least 4 members (excludes halogenated alkanes) is 1. The lowest BCUT2D eigenvalue weighted by Gasteiger charge is -2.63. The molecule has 0 radical (unpaired) electrons. The Morgan fingerprint density at radius 1 is 0.849 bits per heavy atom. The van der Waals surface area contributed by atoms with E-state index in [1.807, 2.05) is 0 Å². The fraction of sp³-hybridized carbons (Fsp3) is 0.446. The second kappa shape index (κ2) is 25.1. The summed E-state index contributed by atoms with van der Waals surface area (Å²) >= 11 is 0.171. The number of fused-ring (bicyclic) bond motifs is 5. The van der Waals surface area contributed by atoms with Crippen LogP contribution in [0.2, 0.25) is 0 Å². The maximum absolute atomic E-state index is 17.9. The number of ether oxygens (including phenoxy) is 1. The van der Waals surface area contributed by atoms with Gasteiger partial charge in [-0.25, -0.2) is 59.1 Å². The molecule has 23 nitrogen and oxygen atoms in total. The molecular formula is C56H61F4N9O14S3. The Morgan fingerprint density at radius 3 is 2.03 bits per heavy atom. The van der Waals surface area contributed by atoms with Crippen molar-refractivity contribution in [2.24, 2.45) is 28.4 Å². The number of ketones is 1. The predicted molar refractivity (Wildman–Crippen MR) is 301 cm³/mol. The molecule has 2 heterocycles. The van der Waals surface area contributed by atoms with Gasteiger partial charge in [-0.2, -0.15) is 0 Å². The normalized spacial score (nSPS) is 25.7. The van der Waals surface area contributed by atoms with Crippen molar-refractivity contribution in [3.8, 4) is 22.3 Å². The highest BCUT2D eigenvalue weighted by atomic mass is 32.2. The second-order valence-corrected chi connectivity index (χ2v) is 26.7. The summed E-state index contributed by atoms with van der Waals surface area (Å²) in [4.78, 5) is 111. The molecule has 0 spiro atoms. The van der Waals surface area contributed by atoms with Crippen molar-refractivity contribution in [1.82, 2.24) is 35.9 Å². The molecule has 2 aromatic carbocycles. The van der Waals surface area contributed by atoms with Crippen LogP contribution >= 0.6 is 11.8 Å². The molecule has 0 aliphatic heterocycles. The number of aliphatic hydroxyl groups excluding tert-OH is 2. The highest BCUT2D eigenvalue weighted by Crippen LogP contribution is 2.71. The molecule has 2 aromatic heterocycles. The zero-order chi connectivity index (χ0) is 62.9. The Kier molecular flexibility index (Phi) is 18.9. The van der Waals surface area contributed by atoms with E-state index in [1.54, 1.807) is 0 Å². The van der Waals surface area contributed by atoms with Gasteiger partial charge in [-0.1, -0.05) is 13.0 Å². The van der Waals surface area contributed by atoms with Crippen molar-refractivity contribution >= 4 is 77.6 Å². The summed E-state index contributed by atoms with van der Waals surface area (Å²) < 4.78 is 118. The number of nitrogens with zero attached hydrogens (tertiary/aromatic N) is 4. The SMILES string of the molecule is CC12C=CC(=O)C=C1C(F)CC1C3CCC(OC(=O)c4ccc(F)c(NC(=O)[C@H](CCCCN)NC(=O)[C@H](CO)NC(=O)CNC(=O)c5cc(-c6cnc(S(C)(=O)=O)nc6)cc(-c6cnc(S(C)(=O)=O)nc6)c5)c4)(C(=O)SCF)C3(C)CC(O)C12F. The number of allylic oxidation sites excluding steroid dienone is 4. The van der Waals surface area contributed by atoms with Gasteiger partial charge in [0.1, 0.15) is 30.1 Å². The van der Waals surface area contributed by atoms with E-state index in [9.17, 15) is 65.0 Å². The second-order valence-electron chi connectivity index (χ2n) is 22.0. The van der Waals surface area contributed by atoms with Crippen LogP contribution in [0.25, 0.3) is 22.3 Å². The Labute approximate surface area is 495 Å². The van der Waals surface area contributed by atoms with Crippen molar-refractivity contribution in [2.45, 2.75) is 105 Å². The number of esters is 1. The molecule has 460 valence electrons. The number of aliphatic hydroxyl groups is 2. The Bertz CT molecular complexity index is 3590. The number of nitrogens with two attached hydrogens (primary N) is 1. The lowest BCUT2D eigenvalue weighted by Crippen LogP contribution is -2.70. The van der Waals surface area contributed by atoms with Crippen molar-refractivity contribution < 1.29 is 82.9 Å². The maximum atomic E-state index is 17.9. The minimum Gasteiger partial charge on any atom is -0.446 e. The number of benzene rings is 2. The summed E-state index contributed by atoms with van der Waals surface area (Å²) in [6.45, 7) is 1.18. The molecular weight excluding hydrogens is 1190 g/mol. The van der Waals surface area contributed by atoms with Gasteiger partial charge in [-0.3, -0.25) is 28.8 Å². The highest BCUT2D eigenvalue weighted by Gasteiger charge is 2.76. The average molecular weight is 1260 g/mol. The minimum atomic E-state index is -3.79. The number of hydrogen-bond donors (Lipinski definition) is 7. The van der Waals surface area contributed by atoms with Crippen LogP contribution in [-0.2, 0) is 48.4 Å². The predicted octanol–water partition coefficient (Wildman–Crippen LogP) is 3.41. The molecule has 4 amide bonds. The van der Waals surface area contributed by atoms with Gasteiger partial charge in [-0.05, 0) is 141 Å². The molecule has 8 N–H and O–H groups in total. The monoisotopic (exact) mass is 1260 g/mol. The number of carbonyl (C=O) groups excluding carboxylic acids is 7. The number of hydrogen-bond acceptors (Lipinski definition) is 20. The molecule has 86 heavy (non-hydrogen) atoms. The van der Waals surface area contributed by atoms with E-state index in [-0.39, 0.29) is 77.4 Å². The molecule has 8 rings (SSSR count). The van der Waals surface area contributed by atoms with Crippen LogP contribution < -0.4 is 27.0 Å². The Morgan fingerprint density at radius 2 is 1.47 bits per heavy atom. The third-order valence-electron chi connectivity index (χ3n) is 16.6. The number of thioether (sulfide) groups is 1. The van der Waals surface area contributed by atoms with Crippen molar-refractivity contribution in [2.75, 3.05) is 43.5 Å². The highest BCUT2D eigenvalue weighted by molar-refractivity contribution is 8.13. The molecule has 0 bridgehead atoms. The number of sulfone groups is 2. The first kappa shape index (κ1) is 64.6. The molecule has 0 saturated heterocycles. The van der Waals surface area contributed by atoms with Crippen LogP contribution in [-0.4, -0.2) is 161 Å². The van der Waals surface area contributed by atoms with Gasteiger partial charge < -0.3 is 42.0 Å². The van der Waals surface area contributed by atoms with Gasteiger partial charge in [0.25, 0.3) is 5.91 Å². The van der Waals surface area contributed by atoms with Gasteiger partial charge in [0.15, 0.2) is 17.1 Å². The van der Waals surface area contributed by atoms with Gasteiger partial charge in [0.2, 0.25) is 52.8 Å². The summed E-state index contributed by atoms with van der Waals surface area (Å²) in [5.74, 6) is -9.20. The largest absolute Gasteiger partial charge is 0.446 e. The van der Waals surface area contributed by atoms with Crippen LogP contribution in [0, 0.1) is 28.5 Å². The zero-order valence-electron chi connectivity index (χ0n) is 46.6. The summed E-state index contributed by atoms with van der Waals surface area (Å²) in [7, 11) is -7.58. The van der Waals surface area contributed by atoms with E-state index < -0.39 is 178 Å². The number of anilines is 1. The van der Waals surface area contributed by atoms with E-state index in [4.69, 9.17) is 10.5 Å². The molecule has 8 unspecified atom stereocenters. The smallest absolute Gasteiger partial charge is 0.339 e. The van der Waals surface area contributed by atoms with Crippen molar-refractivity contribution in [3.05, 3.63) is 102 Å². The molecule has 3 fully saturated rings. The van der Waals surface area contributed by atoms with Crippen LogP contribution in [0.3, 0.4) is 0 Å². The molecule has 4 aliphatic carbocycles. The minimum absolute atomic E-state index is 0.0370. The van der Waals surface area contributed by atoms with Gasteiger partial charge >= 0.3 is 5.97 Å². The summed E-state index contributed by atoms with van der Waals surface area (Å²) in [5.41, 5.74) is -2.84. The third-order valence-corrected chi connectivity index (χ3v) is 19.0. The number of carbonyl (C=O) groups is 7. The number of amides is 4. The van der Waals surface area contributed by atoms with Crippen molar-refractivity contribution in [3.63, 3.8) is 0 Å². The maximum Gasteiger partial charge on any atom is 0.339 e. The number of aromatic nitrogens is 4. The number of rotatable bonds is 21. The Balaban J connectivity index is 0.956. The van der Waals surface area contributed by atoms with E-state index in [1.165, 1.54) is 62.9 Å². The van der Waals surface area contributed by atoms with Gasteiger partial charge in [0.05, 0.1) is 30.5 Å². The van der Waals surface area contributed by atoms with Crippen LogP contribution in [0.1, 0.15) is 79.5 Å². The fourth-order valence-corrected chi connectivity index (χ4v) is 13.9. The molecule has 4 aliphatic rings. The first-order valence-corrected chi connectivity index (χ1v) is 31.6. The topological polar surface area (TPSA) is 363 Å². The van der Waals surface area contributed by atoms with Gasteiger partial charge in [-0.15, -0.1) is 0 Å². The average Bonchev–Trinajstić information content (AvgIpc) is 1.31. The quantitative estimate of drug-likeness (QED) is 0.0272. The molecule has 30 heteroatoms. The van der Waals surface area contributed by atoms with Gasteiger partial charge in [0, 0.05) is 70.7 Å². The number of alkyl halides is 3. The van der Waals surface area contributed by atoms with Crippen LogP contribution in [0.15, 0.2) is 95.3 Å². The summed E-state index contributed by atoms with van der Waals surface area (Å²) in [5, 5.41) is 29.5.